The van der Waals surface area contributed by atoms with Gasteiger partial charge in [-0.2, -0.15) is 4.39 Å². The minimum atomic E-state index is -0.330. The maximum atomic E-state index is 14.9. The van der Waals surface area contributed by atoms with E-state index in [2.05, 4.69) is 87.4 Å². The van der Waals surface area contributed by atoms with Gasteiger partial charge in [0.25, 0.3) is 0 Å². The van der Waals surface area contributed by atoms with Gasteiger partial charge in [-0.25, -0.2) is 4.98 Å². The van der Waals surface area contributed by atoms with E-state index < -0.39 is 0 Å². The minimum absolute atomic E-state index is 0.330. The maximum Gasteiger partial charge on any atom is 0.220 e. The first-order valence-electron chi connectivity index (χ1n) is 17.3. The summed E-state index contributed by atoms with van der Waals surface area (Å²) in [6, 6.07) is 8.57. The van der Waals surface area contributed by atoms with Crippen molar-refractivity contribution in [3.8, 4) is 11.1 Å². The monoisotopic (exact) mass is 603 g/mol. The molecule has 1 saturated carbocycles. The Balaban J connectivity index is 0.000000411. The first-order valence-corrected chi connectivity index (χ1v) is 17.3. The number of pyridine rings is 1. The van der Waals surface area contributed by atoms with Gasteiger partial charge in [0, 0.05) is 48.6 Å². The summed E-state index contributed by atoms with van der Waals surface area (Å²) in [5.41, 5.74) is 8.68. The second kappa shape index (κ2) is 17.8. The highest BCUT2D eigenvalue weighted by Crippen LogP contribution is 2.47. The largest absolute Gasteiger partial charge is 0.298 e. The third kappa shape index (κ3) is 9.96. The molecule has 44 heavy (non-hydrogen) atoms. The van der Waals surface area contributed by atoms with Crippen molar-refractivity contribution in [1.29, 1.82) is 0 Å². The summed E-state index contributed by atoms with van der Waals surface area (Å²) in [6.07, 6.45) is 12.8. The zero-order valence-electron chi connectivity index (χ0n) is 29.5. The van der Waals surface area contributed by atoms with Crippen molar-refractivity contribution in [2.75, 3.05) is 19.6 Å². The smallest absolute Gasteiger partial charge is 0.220 e. The summed E-state index contributed by atoms with van der Waals surface area (Å²) in [5.74, 6) is 0.244. The average molecular weight is 604 g/mol. The molecule has 2 aromatic rings. The molecule has 2 aliphatic heterocycles. The predicted octanol–water partition coefficient (Wildman–Crippen LogP) is 11.3. The Kier molecular flexibility index (Phi) is 15.2. The fourth-order valence-corrected chi connectivity index (χ4v) is 7.02. The molecule has 1 saturated heterocycles. The van der Waals surface area contributed by atoms with Crippen molar-refractivity contribution in [2.24, 2.45) is 15.8 Å². The molecule has 1 aromatic heterocycles. The first-order chi connectivity index (χ1) is 21.1. The van der Waals surface area contributed by atoms with Gasteiger partial charge in [-0.05, 0) is 98.1 Å². The molecular formula is C40H62FN3. The van der Waals surface area contributed by atoms with Gasteiger partial charge in [0.15, 0.2) is 0 Å². The summed E-state index contributed by atoms with van der Waals surface area (Å²) in [5, 5.41) is 0. The van der Waals surface area contributed by atoms with Crippen LogP contribution < -0.4 is 0 Å². The van der Waals surface area contributed by atoms with E-state index in [1.807, 2.05) is 32.9 Å². The molecule has 3 aliphatic rings. The number of likely N-dealkylation sites (tertiary alicyclic amines) is 1. The van der Waals surface area contributed by atoms with Crippen LogP contribution >= 0.6 is 0 Å². The van der Waals surface area contributed by atoms with Gasteiger partial charge in [0.05, 0.1) is 0 Å². The number of hydrogen-bond donors (Lipinski definition) is 0. The molecule has 0 bridgehead atoms. The van der Waals surface area contributed by atoms with Gasteiger partial charge < -0.3 is 0 Å². The van der Waals surface area contributed by atoms with Crippen LogP contribution in [0.3, 0.4) is 0 Å². The first kappa shape index (κ1) is 37.6. The van der Waals surface area contributed by atoms with Gasteiger partial charge in [0.1, 0.15) is 0 Å². The summed E-state index contributed by atoms with van der Waals surface area (Å²) < 4.78 is 14.9. The number of aryl methyl sites for hydroxylation is 2. The van der Waals surface area contributed by atoms with Gasteiger partial charge in [-0.1, -0.05) is 79.0 Å². The number of rotatable bonds is 11. The molecule has 4 heteroatoms. The van der Waals surface area contributed by atoms with Crippen molar-refractivity contribution < 1.29 is 4.39 Å². The van der Waals surface area contributed by atoms with Crippen LogP contribution in [0.4, 0.5) is 4.39 Å². The van der Waals surface area contributed by atoms with Crippen LogP contribution in [0.2, 0.25) is 0 Å². The lowest BCUT2D eigenvalue weighted by Crippen LogP contribution is -2.56. The van der Waals surface area contributed by atoms with Crippen LogP contribution in [-0.4, -0.2) is 35.2 Å². The summed E-state index contributed by atoms with van der Waals surface area (Å²) >= 11 is 0. The Morgan fingerprint density at radius 2 is 1.66 bits per heavy atom. The Bertz CT molecular complexity index is 1210. The highest BCUT2D eigenvalue weighted by molar-refractivity contribution is 5.84. The Labute approximate surface area is 270 Å². The van der Waals surface area contributed by atoms with E-state index in [0.29, 0.717) is 22.3 Å². The zero-order valence-corrected chi connectivity index (χ0v) is 29.5. The van der Waals surface area contributed by atoms with E-state index in [1.54, 1.807) is 0 Å². The van der Waals surface area contributed by atoms with Gasteiger partial charge in [0.2, 0.25) is 5.95 Å². The van der Waals surface area contributed by atoms with Crippen molar-refractivity contribution in [3.05, 3.63) is 78.4 Å². The maximum absolute atomic E-state index is 14.9. The molecule has 3 nitrogen and oxygen atoms in total. The third-order valence-corrected chi connectivity index (χ3v) is 9.08. The lowest BCUT2D eigenvalue weighted by atomic mass is 9.77. The molecule has 3 heterocycles. The Morgan fingerprint density at radius 1 is 1.02 bits per heavy atom. The van der Waals surface area contributed by atoms with Crippen LogP contribution in [-0.2, 0) is 13.0 Å². The van der Waals surface area contributed by atoms with Crippen molar-refractivity contribution in [3.63, 3.8) is 0 Å². The van der Waals surface area contributed by atoms with E-state index in [-0.39, 0.29) is 5.95 Å². The molecule has 1 aromatic carbocycles. The van der Waals surface area contributed by atoms with Crippen LogP contribution in [0.15, 0.2) is 55.1 Å². The van der Waals surface area contributed by atoms with E-state index >= 15 is 0 Å². The van der Waals surface area contributed by atoms with Crippen LogP contribution in [0.1, 0.15) is 128 Å². The fraction of sp³-hybridized carbons (Fsp3) is 0.600. The standard InChI is InChI=1S/C26H32FN3.C10H20.C2H6.C2H4/c1-4-5-21-10-19(13-30-15-26(16-30)12-18(3)28-14-26)11-23(20-7-8-20)24(21)22-9-6-17(2)29-25(22)27;1-5-8-10(4,7-3)9-6-2;2*1-2/h6,9-11,20H,4-5,7-8,12-16H2,1-3H3;7H,3,5-6,8-9H2,1-2,4H3;1-2H3;1-2H2. The molecule has 5 rings (SSSR count). The molecule has 1 aliphatic carbocycles. The van der Waals surface area contributed by atoms with Crippen LogP contribution in [0, 0.1) is 23.7 Å². The van der Waals surface area contributed by atoms with Gasteiger partial charge >= 0.3 is 0 Å². The number of aromatic nitrogens is 1. The predicted molar refractivity (Wildman–Crippen MR) is 191 cm³/mol. The molecule has 2 fully saturated rings. The molecule has 244 valence electrons. The normalized spacial score (nSPS) is 16.8. The quantitative estimate of drug-likeness (QED) is 0.189. The van der Waals surface area contributed by atoms with E-state index in [9.17, 15) is 4.39 Å². The lowest BCUT2D eigenvalue weighted by Gasteiger charge is -2.48. The number of hydrogen-bond acceptors (Lipinski definition) is 3. The van der Waals surface area contributed by atoms with Crippen molar-refractivity contribution in [1.82, 2.24) is 9.88 Å². The Hall–Kier alpha value is -2.59. The highest BCUT2D eigenvalue weighted by atomic mass is 19.1. The molecule has 1 spiro atoms. The summed E-state index contributed by atoms with van der Waals surface area (Å²) in [6.45, 7) is 31.1. The number of allylic oxidation sites excluding steroid dienone is 1. The van der Waals surface area contributed by atoms with Crippen molar-refractivity contribution >= 4 is 5.71 Å². The second-order valence-corrected chi connectivity index (χ2v) is 13.3. The number of halogens is 1. The van der Waals surface area contributed by atoms with Gasteiger partial charge in [-0.3, -0.25) is 9.89 Å². The summed E-state index contributed by atoms with van der Waals surface area (Å²) in [7, 11) is 0. The van der Waals surface area contributed by atoms with Crippen molar-refractivity contribution in [2.45, 2.75) is 126 Å². The van der Waals surface area contributed by atoms with Crippen LogP contribution in [0.5, 0.6) is 0 Å². The summed E-state index contributed by atoms with van der Waals surface area (Å²) in [4.78, 5) is 11.3. The molecular weight excluding hydrogens is 541 g/mol. The van der Waals surface area contributed by atoms with Crippen LogP contribution in [0.25, 0.3) is 11.1 Å². The molecule has 0 atom stereocenters. The molecule has 0 radical (unpaired) electrons. The fourth-order valence-electron chi connectivity index (χ4n) is 7.02. The minimum Gasteiger partial charge on any atom is -0.298 e. The molecule has 0 unspecified atom stereocenters. The van der Waals surface area contributed by atoms with E-state index in [1.165, 1.54) is 60.9 Å². The SMILES string of the molecule is C=C.C=CC(C)(CCC)CCC.CC.CCCc1cc(CN2CC3(CN=C(C)C3)C2)cc(C2CC2)c1-c1ccc(C)nc1F. The van der Waals surface area contributed by atoms with E-state index in [4.69, 9.17) is 0 Å². The lowest BCUT2D eigenvalue weighted by molar-refractivity contribution is 0.0131. The average Bonchev–Trinajstić information content (AvgIpc) is 3.77. The second-order valence-electron chi connectivity index (χ2n) is 13.3. The number of aliphatic imine (C=N–C) groups is 1. The zero-order chi connectivity index (χ0) is 32.9. The highest BCUT2D eigenvalue weighted by Gasteiger charge is 2.45. The Morgan fingerprint density at radius 3 is 2.14 bits per heavy atom. The molecule has 0 amide bonds. The number of nitrogens with zero attached hydrogens (tertiary/aromatic N) is 3. The topological polar surface area (TPSA) is 28.5 Å². The molecule has 0 N–H and O–H groups in total. The van der Waals surface area contributed by atoms with E-state index in [0.717, 1.165) is 56.7 Å². The number of benzene rings is 1. The van der Waals surface area contributed by atoms with Gasteiger partial charge in [-0.15, -0.1) is 19.7 Å². The third-order valence-electron chi connectivity index (χ3n) is 9.08.